The number of aromatic nitrogens is 1. The summed E-state index contributed by atoms with van der Waals surface area (Å²) in [7, 11) is 1.84. The summed E-state index contributed by atoms with van der Waals surface area (Å²) >= 11 is 4.88. The van der Waals surface area contributed by atoms with Gasteiger partial charge in [0.2, 0.25) is 0 Å². The van der Waals surface area contributed by atoms with Crippen molar-refractivity contribution in [2.75, 3.05) is 7.05 Å². The van der Waals surface area contributed by atoms with Crippen LogP contribution in [-0.4, -0.2) is 12.0 Å². The number of thiazole rings is 1. The summed E-state index contributed by atoms with van der Waals surface area (Å²) in [6.07, 6.45) is 0.694. The van der Waals surface area contributed by atoms with Crippen molar-refractivity contribution in [1.82, 2.24) is 10.3 Å². The maximum atomic E-state index is 13.9. The summed E-state index contributed by atoms with van der Waals surface area (Å²) in [5.74, 6) is -0.198. The smallest absolute Gasteiger partial charge is 0.129 e. The van der Waals surface area contributed by atoms with Gasteiger partial charge in [0.15, 0.2) is 0 Å². The van der Waals surface area contributed by atoms with Crippen LogP contribution < -0.4 is 5.32 Å². The number of rotatable bonds is 4. The van der Waals surface area contributed by atoms with Gasteiger partial charge in [-0.05, 0) is 26.1 Å². The number of nitrogens with one attached hydrogen (secondary N) is 1. The average molecular weight is 329 g/mol. The van der Waals surface area contributed by atoms with Crippen LogP contribution in [0.2, 0.25) is 0 Å². The van der Waals surface area contributed by atoms with E-state index in [0.717, 1.165) is 15.2 Å². The molecule has 1 aromatic carbocycles. The first-order valence-corrected chi connectivity index (χ1v) is 7.30. The van der Waals surface area contributed by atoms with Crippen LogP contribution in [0.15, 0.2) is 28.1 Å². The van der Waals surface area contributed by atoms with Crippen molar-refractivity contribution >= 4 is 27.3 Å². The molecule has 0 aliphatic carbocycles. The van der Waals surface area contributed by atoms with Crippen LogP contribution in [0.3, 0.4) is 0 Å². The lowest BCUT2D eigenvalue weighted by molar-refractivity contribution is 0.530. The molecule has 0 aliphatic rings. The Labute approximate surface area is 118 Å². The molecule has 1 unspecified atom stereocenters. The predicted octanol–water partition coefficient (Wildman–Crippen LogP) is 3.86. The van der Waals surface area contributed by atoms with Crippen LogP contribution in [0.1, 0.15) is 22.3 Å². The van der Waals surface area contributed by atoms with Crippen molar-refractivity contribution in [2.45, 2.75) is 19.4 Å². The molecular weight excluding hydrogens is 315 g/mol. The third-order valence-corrected chi connectivity index (χ3v) is 4.08. The molecule has 0 spiro atoms. The average Bonchev–Trinajstić information content (AvgIpc) is 2.72. The van der Waals surface area contributed by atoms with Crippen molar-refractivity contribution < 1.29 is 4.39 Å². The quantitative estimate of drug-likeness (QED) is 0.921. The molecule has 0 fully saturated rings. The van der Waals surface area contributed by atoms with Crippen LogP contribution >= 0.6 is 27.3 Å². The van der Waals surface area contributed by atoms with E-state index in [1.807, 2.05) is 25.4 Å². The number of benzene rings is 1. The predicted molar refractivity (Wildman–Crippen MR) is 76.5 cm³/mol. The Morgan fingerprint density at radius 2 is 2.28 bits per heavy atom. The zero-order valence-corrected chi connectivity index (χ0v) is 12.6. The van der Waals surface area contributed by atoms with E-state index in [2.05, 4.69) is 26.2 Å². The second kappa shape index (κ2) is 5.91. The topological polar surface area (TPSA) is 24.9 Å². The minimum atomic E-state index is -0.198. The lowest BCUT2D eigenvalue weighted by atomic mass is 10.0. The number of nitrogens with zero attached hydrogens (tertiary/aromatic N) is 1. The Hall–Kier alpha value is -0.780. The Kier molecular flexibility index (Phi) is 4.48. The Morgan fingerprint density at radius 3 is 2.83 bits per heavy atom. The highest BCUT2D eigenvalue weighted by Gasteiger charge is 2.16. The molecule has 1 atom stereocenters. The molecule has 2 aromatic rings. The SMILES string of the molecule is CNC(Cc1csc(C)n1)c1ccc(Br)cc1F. The fourth-order valence-electron chi connectivity index (χ4n) is 1.86. The molecule has 5 heteroatoms. The first-order chi connectivity index (χ1) is 8.60. The summed E-state index contributed by atoms with van der Waals surface area (Å²) in [5.41, 5.74) is 1.67. The number of halogens is 2. The van der Waals surface area contributed by atoms with E-state index < -0.39 is 0 Å². The Morgan fingerprint density at radius 1 is 1.50 bits per heavy atom. The second-order valence-electron chi connectivity index (χ2n) is 4.07. The first-order valence-electron chi connectivity index (χ1n) is 5.63. The molecule has 0 radical (unpaired) electrons. The zero-order valence-electron chi connectivity index (χ0n) is 10.2. The highest BCUT2D eigenvalue weighted by atomic mass is 79.9. The van der Waals surface area contributed by atoms with Gasteiger partial charge in [-0.25, -0.2) is 9.37 Å². The Balaban J connectivity index is 2.22. The fourth-order valence-corrected chi connectivity index (χ4v) is 2.82. The van der Waals surface area contributed by atoms with Crippen molar-refractivity contribution in [3.63, 3.8) is 0 Å². The number of aryl methyl sites for hydroxylation is 1. The zero-order chi connectivity index (χ0) is 13.1. The summed E-state index contributed by atoms with van der Waals surface area (Å²) in [4.78, 5) is 4.42. The number of hydrogen-bond donors (Lipinski definition) is 1. The van der Waals surface area contributed by atoms with E-state index in [1.54, 1.807) is 17.4 Å². The molecule has 0 saturated carbocycles. The largest absolute Gasteiger partial charge is 0.313 e. The third kappa shape index (κ3) is 3.16. The molecule has 2 nitrogen and oxygen atoms in total. The van der Waals surface area contributed by atoms with E-state index in [4.69, 9.17) is 0 Å². The molecule has 2 rings (SSSR count). The van der Waals surface area contributed by atoms with Crippen molar-refractivity contribution in [3.05, 3.63) is 50.1 Å². The van der Waals surface area contributed by atoms with Gasteiger partial charge in [-0.15, -0.1) is 11.3 Å². The van der Waals surface area contributed by atoms with Gasteiger partial charge in [-0.2, -0.15) is 0 Å². The van der Waals surface area contributed by atoms with E-state index in [1.165, 1.54) is 6.07 Å². The van der Waals surface area contributed by atoms with Crippen LogP contribution in [0, 0.1) is 12.7 Å². The third-order valence-electron chi connectivity index (χ3n) is 2.77. The second-order valence-corrected chi connectivity index (χ2v) is 6.05. The van der Waals surface area contributed by atoms with Gasteiger partial charge in [0.1, 0.15) is 5.82 Å². The normalized spacial score (nSPS) is 12.7. The molecule has 96 valence electrons. The fraction of sp³-hybridized carbons (Fsp3) is 0.308. The summed E-state index contributed by atoms with van der Waals surface area (Å²) in [5, 5.41) is 6.21. The van der Waals surface area contributed by atoms with Crippen molar-refractivity contribution in [1.29, 1.82) is 0 Å². The minimum absolute atomic E-state index is 0.0559. The maximum Gasteiger partial charge on any atom is 0.129 e. The highest BCUT2D eigenvalue weighted by molar-refractivity contribution is 9.10. The van der Waals surface area contributed by atoms with E-state index in [9.17, 15) is 4.39 Å². The molecule has 1 aromatic heterocycles. The van der Waals surface area contributed by atoms with E-state index >= 15 is 0 Å². The van der Waals surface area contributed by atoms with Gasteiger partial charge < -0.3 is 5.32 Å². The number of hydrogen-bond acceptors (Lipinski definition) is 3. The maximum absolute atomic E-state index is 13.9. The lowest BCUT2D eigenvalue weighted by Gasteiger charge is -2.16. The van der Waals surface area contributed by atoms with Crippen molar-refractivity contribution in [2.24, 2.45) is 0 Å². The van der Waals surface area contributed by atoms with E-state index in [-0.39, 0.29) is 11.9 Å². The van der Waals surface area contributed by atoms with Crippen molar-refractivity contribution in [3.8, 4) is 0 Å². The summed E-state index contributed by atoms with van der Waals surface area (Å²) < 4.78 is 14.7. The first kappa shape index (κ1) is 13.6. The van der Waals surface area contributed by atoms with Crippen LogP contribution in [0.25, 0.3) is 0 Å². The van der Waals surface area contributed by atoms with Gasteiger partial charge in [-0.1, -0.05) is 22.0 Å². The highest BCUT2D eigenvalue weighted by Crippen LogP contribution is 2.24. The number of likely N-dealkylation sites (N-methyl/N-ethyl adjacent to an activating group) is 1. The molecule has 0 saturated heterocycles. The van der Waals surface area contributed by atoms with Gasteiger partial charge in [0.25, 0.3) is 0 Å². The summed E-state index contributed by atoms with van der Waals surface area (Å²) in [6, 6.07) is 5.10. The summed E-state index contributed by atoms with van der Waals surface area (Å²) in [6.45, 7) is 1.97. The van der Waals surface area contributed by atoms with Gasteiger partial charge in [0.05, 0.1) is 10.7 Å². The molecule has 0 amide bonds. The van der Waals surface area contributed by atoms with Gasteiger partial charge >= 0.3 is 0 Å². The van der Waals surface area contributed by atoms with Gasteiger partial charge in [0, 0.05) is 27.9 Å². The Bertz CT molecular complexity index is 542. The van der Waals surface area contributed by atoms with Crippen LogP contribution in [-0.2, 0) is 6.42 Å². The molecular formula is C13H14BrFN2S. The van der Waals surface area contributed by atoms with Crippen LogP contribution in [0.5, 0.6) is 0 Å². The lowest BCUT2D eigenvalue weighted by Crippen LogP contribution is -2.20. The monoisotopic (exact) mass is 328 g/mol. The molecule has 18 heavy (non-hydrogen) atoms. The molecule has 0 aliphatic heterocycles. The van der Waals surface area contributed by atoms with E-state index in [0.29, 0.717) is 12.0 Å². The van der Waals surface area contributed by atoms with Gasteiger partial charge in [-0.3, -0.25) is 0 Å². The molecule has 1 heterocycles. The standard InChI is InChI=1S/C13H14BrFN2S/c1-8-17-10(7-18-8)6-13(16-2)11-4-3-9(14)5-12(11)15/h3-5,7,13,16H,6H2,1-2H3. The molecule has 1 N–H and O–H groups in total. The minimum Gasteiger partial charge on any atom is -0.313 e. The molecule has 0 bridgehead atoms. The van der Waals surface area contributed by atoms with Crippen LogP contribution in [0.4, 0.5) is 4.39 Å².